The van der Waals surface area contributed by atoms with E-state index in [9.17, 15) is 23.3 Å². The molecule has 1 aromatic rings. The molecule has 3 rings (SSSR count). The van der Waals surface area contributed by atoms with Gasteiger partial charge in [-0.3, -0.25) is 15.0 Å². The van der Waals surface area contributed by atoms with E-state index in [0.29, 0.717) is 24.8 Å². The minimum absolute atomic E-state index is 0.300. The summed E-state index contributed by atoms with van der Waals surface area (Å²) in [5, 5.41) is 10.8. The molecule has 23 heavy (non-hydrogen) atoms. The van der Waals surface area contributed by atoms with Crippen molar-refractivity contribution in [3.63, 3.8) is 0 Å². The highest BCUT2D eigenvalue weighted by atomic mass is 19.4. The number of nitro groups is 1. The fraction of sp³-hybridized carbons (Fsp3) is 0.467. The van der Waals surface area contributed by atoms with Crippen molar-refractivity contribution in [3.05, 3.63) is 46.0 Å². The highest BCUT2D eigenvalue weighted by molar-refractivity contribution is 5.57. The van der Waals surface area contributed by atoms with Gasteiger partial charge in [-0.25, -0.2) is 0 Å². The summed E-state index contributed by atoms with van der Waals surface area (Å²) in [7, 11) is 0. The van der Waals surface area contributed by atoms with E-state index in [1.807, 2.05) is 4.90 Å². The number of anilines is 1. The summed E-state index contributed by atoms with van der Waals surface area (Å²) < 4.78 is 39.2. The van der Waals surface area contributed by atoms with Crippen molar-refractivity contribution in [1.29, 1.82) is 0 Å². The molecule has 1 unspecified atom stereocenters. The Labute approximate surface area is 131 Å². The number of nitrogens with zero attached hydrogens (tertiary/aromatic N) is 3. The van der Waals surface area contributed by atoms with Crippen LogP contribution in [0.2, 0.25) is 0 Å². The largest absolute Gasteiger partial charge is 0.423 e. The first-order valence-electron chi connectivity index (χ1n) is 7.36. The van der Waals surface area contributed by atoms with Crippen molar-refractivity contribution in [3.8, 4) is 0 Å². The Balaban J connectivity index is 1.82. The van der Waals surface area contributed by atoms with Crippen molar-refractivity contribution >= 4 is 11.4 Å². The second-order valence-electron chi connectivity index (χ2n) is 5.77. The quantitative estimate of drug-likeness (QED) is 0.486. The summed E-state index contributed by atoms with van der Waals surface area (Å²) in [4.78, 5) is 14.0. The van der Waals surface area contributed by atoms with Crippen molar-refractivity contribution in [1.82, 2.24) is 4.90 Å². The molecule has 2 heterocycles. The smallest absolute Gasteiger partial charge is 0.370 e. The summed E-state index contributed by atoms with van der Waals surface area (Å²) in [5.74, 6) is 0. The molecule has 124 valence electrons. The molecule has 5 nitrogen and oxygen atoms in total. The second-order valence-corrected chi connectivity index (χ2v) is 5.77. The number of hydrogen-bond acceptors (Lipinski definition) is 4. The van der Waals surface area contributed by atoms with Crippen molar-refractivity contribution in [2.24, 2.45) is 0 Å². The standard InChI is InChI=1S/C15H16F3N3O2/c16-15(17,18)13-9-11(3-4-14(13)21(22)23)20-8-5-12(10-20)19-6-1-2-7-19/h1-4,9,12H,5-8,10H2. The fourth-order valence-electron chi connectivity index (χ4n) is 3.17. The maximum Gasteiger partial charge on any atom is 0.423 e. The van der Waals surface area contributed by atoms with Gasteiger partial charge in [-0.15, -0.1) is 0 Å². The van der Waals surface area contributed by atoms with E-state index >= 15 is 0 Å². The van der Waals surface area contributed by atoms with Crippen LogP contribution in [0.3, 0.4) is 0 Å². The van der Waals surface area contributed by atoms with Gasteiger partial charge in [0.05, 0.1) is 4.92 Å². The first kappa shape index (κ1) is 15.8. The first-order chi connectivity index (χ1) is 10.9. The molecule has 2 aliphatic heterocycles. The fourth-order valence-corrected chi connectivity index (χ4v) is 3.17. The number of alkyl halides is 3. The SMILES string of the molecule is O=[N+]([O-])c1ccc(N2CCC(N3CC=CC3)C2)cc1C(F)(F)F. The molecule has 0 aliphatic carbocycles. The Morgan fingerprint density at radius 1 is 1.22 bits per heavy atom. The third-order valence-electron chi connectivity index (χ3n) is 4.37. The van der Waals surface area contributed by atoms with Crippen LogP contribution in [-0.2, 0) is 6.18 Å². The molecule has 1 fully saturated rings. The maximum absolute atomic E-state index is 13.1. The van der Waals surface area contributed by atoms with Crippen LogP contribution in [0.15, 0.2) is 30.4 Å². The van der Waals surface area contributed by atoms with Crippen LogP contribution in [-0.4, -0.2) is 42.0 Å². The van der Waals surface area contributed by atoms with Crippen molar-refractivity contribution < 1.29 is 18.1 Å². The topological polar surface area (TPSA) is 49.6 Å². The summed E-state index contributed by atoms with van der Waals surface area (Å²) >= 11 is 0. The van der Waals surface area contributed by atoms with E-state index in [1.165, 1.54) is 6.07 Å². The highest BCUT2D eigenvalue weighted by Gasteiger charge is 2.39. The molecule has 2 aliphatic rings. The third-order valence-corrected chi connectivity index (χ3v) is 4.37. The highest BCUT2D eigenvalue weighted by Crippen LogP contribution is 2.39. The van der Waals surface area contributed by atoms with Crippen LogP contribution < -0.4 is 4.90 Å². The van der Waals surface area contributed by atoms with Crippen LogP contribution in [0.25, 0.3) is 0 Å². The number of hydrogen-bond donors (Lipinski definition) is 0. The predicted molar refractivity (Wildman–Crippen MR) is 79.4 cm³/mol. The molecular weight excluding hydrogens is 311 g/mol. The number of rotatable bonds is 3. The Hall–Kier alpha value is -2.09. The monoisotopic (exact) mass is 327 g/mol. The van der Waals surface area contributed by atoms with Gasteiger partial charge in [-0.05, 0) is 18.6 Å². The Bertz CT molecular complexity index is 637. The second kappa shape index (κ2) is 5.84. The molecule has 1 saturated heterocycles. The maximum atomic E-state index is 13.1. The molecule has 0 radical (unpaired) electrons. The van der Waals surface area contributed by atoms with E-state index in [2.05, 4.69) is 17.1 Å². The third kappa shape index (κ3) is 3.17. The van der Waals surface area contributed by atoms with Gasteiger partial charge >= 0.3 is 6.18 Å². The summed E-state index contributed by atoms with van der Waals surface area (Å²) in [5.41, 5.74) is -1.70. The number of halogens is 3. The molecular formula is C15H16F3N3O2. The Kier molecular flexibility index (Phi) is 4.01. The van der Waals surface area contributed by atoms with Gasteiger partial charge in [0.1, 0.15) is 5.56 Å². The van der Waals surface area contributed by atoms with E-state index in [0.717, 1.165) is 31.6 Å². The van der Waals surface area contributed by atoms with E-state index in [1.54, 1.807) is 0 Å². The van der Waals surface area contributed by atoms with Crippen LogP contribution in [0, 0.1) is 10.1 Å². The predicted octanol–water partition coefficient (Wildman–Crippen LogP) is 3.06. The molecule has 0 amide bonds. The van der Waals surface area contributed by atoms with Crippen molar-refractivity contribution in [2.45, 2.75) is 18.6 Å². The summed E-state index contributed by atoms with van der Waals surface area (Å²) in [6.07, 6.45) is 0.295. The van der Waals surface area contributed by atoms with Gasteiger partial charge in [0.25, 0.3) is 5.69 Å². The zero-order chi connectivity index (χ0) is 16.6. The number of nitro benzene ring substituents is 1. The lowest BCUT2D eigenvalue weighted by molar-refractivity contribution is -0.388. The summed E-state index contributed by atoms with van der Waals surface area (Å²) in [6, 6.07) is 3.54. The normalized spacial score (nSPS) is 22.0. The van der Waals surface area contributed by atoms with Crippen LogP contribution >= 0.6 is 0 Å². The molecule has 1 atom stereocenters. The van der Waals surface area contributed by atoms with Gasteiger partial charge in [-0.2, -0.15) is 13.2 Å². The average molecular weight is 327 g/mol. The van der Waals surface area contributed by atoms with Gasteiger partial charge in [0.15, 0.2) is 0 Å². The lowest BCUT2D eigenvalue weighted by atomic mass is 10.1. The van der Waals surface area contributed by atoms with Gasteiger partial charge in [0, 0.05) is 44.0 Å². The first-order valence-corrected chi connectivity index (χ1v) is 7.36. The average Bonchev–Trinajstić information content (AvgIpc) is 3.16. The zero-order valence-electron chi connectivity index (χ0n) is 12.3. The summed E-state index contributed by atoms with van der Waals surface area (Å²) in [6.45, 7) is 3.02. The molecule has 1 aromatic carbocycles. The van der Waals surface area contributed by atoms with Gasteiger partial charge < -0.3 is 4.90 Å². The molecule has 0 saturated carbocycles. The lowest BCUT2D eigenvalue weighted by Gasteiger charge is -2.24. The minimum Gasteiger partial charge on any atom is -0.370 e. The molecule has 0 aromatic heterocycles. The van der Waals surface area contributed by atoms with E-state index in [4.69, 9.17) is 0 Å². The lowest BCUT2D eigenvalue weighted by Crippen LogP contribution is -2.35. The molecule has 0 spiro atoms. The number of benzene rings is 1. The Morgan fingerprint density at radius 3 is 2.52 bits per heavy atom. The van der Waals surface area contributed by atoms with Gasteiger partial charge in [0.2, 0.25) is 0 Å². The zero-order valence-corrected chi connectivity index (χ0v) is 12.3. The van der Waals surface area contributed by atoms with Gasteiger partial charge in [-0.1, -0.05) is 12.2 Å². The van der Waals surface area contributed by atoms with Crippen molar-refractivity contribution in [2.75, 3.05) is 31.1 Å². The van der Waals surface area contributed by atoms with E-state index < -0.39 is 22.4 Å². The van der Waals surface area contributed by atoms with Crippen LogP contribution in [0.1, 0.15) is 12.0 Å². The minimum atomic E-state index is -4.74. The van der Waals surface area contributed by atoms with E-state index in [-0.39, 0.29) is 0 Å². The molecule has 0 N–H and O–H groups in total. The van der Waals surface area contributed by atoms with Crippen LogP contribution in [0.4, 0.5) is 24.5 Å². The Morgan fingerprint density at radius 2 is 1.91 bits per heavy atom. The molecule has 8 heteroatoms. The van der Waals surface area contributed by atoms with Crippen LogP contribution in [0.5, 0.6) is 0 Å². The molecule has 0 bridgehead atoms.